The van der Waals surface area contributed by atoms with Crippen LogP contribution in [0.2, 0.25) is 0 Å². The number of nitrogens with zero attached hydrogens (tertiary/aromatic N) is 1. The Kier molecular flexibility index (Phi) is 10.5. The van der Waals surface area contributed by atoms with Gasteiger partial charge < -0.3 is 15.4 Å². The van der Waals surface area contributed by atoms with E-state index < -0.39 is 0 Å². The first-order valence-corrected chi connectivity index (χ1v) is 12.6. The topological polar surface area (TPSA) is 55.6 Å². The van der Waals surface area contributed by atoms with E-state index in [9.17, 15) is 4.79 Å². The molecule has 0 spiro atoms. The third kappa shape index (κ3) is 6.19. The van der Waals surface area contributed by atoms with Crippen LogP contribution in [0, 0.1) is 0 Å². The third-order valence-electron chi connectivity index (χ3n) is 5.27. The summed E-state index contributed by atoms with van der Waals surface area (Å²) in [6, 6.07) is 16.8. The van der Waals surface area contributed by atoms with E-state index in [-0.39, 0.29) is 12.0 Å². The number of nitrogens with two attached hydrogens (primary N) is 1. The highest BCUT2D eigenvalue weighted by atomic mass is 127. The fourth-order valence-electron chi connectivity index (χ4n) is 3.86. The fraction of sp³-hybridized carbons (Fsp3) is 0.458. The number of benzene rings is 2. The molecule has 4 nitrogen and oxygen atoms in total. The maximum atomic E-state index is 12.6. The molecule has 0 atom stereocenters. The van der Waals surface area contributed by atoms with Crippen LogP contribution in [0.15, 0.2) is 48.5 Å². The van der Waals surface area contributed by atoms with Crippen molar-refractivity contribution in [3.05, 3.63) is 59.7 Å². The molecule has 1 aliphatic rings. The van der Waals surface area contributed by atoms with Crippen molar-refractivity contribution in [1.82, 2.24) is 4.90 Å². The quantitative estimate of drug-likeness (QED) is 0.264. The summed E-state index contributed by atoms with van der Waals surface area (Å²) in [6.45, 7) is 4.26. The molecule has 0 saturated heterocycles. The highest BCUT2D eigenvalue weighted by Crippen LogP contribution is 2.44. The van der Waals surface area contributed by atoms with E-state index in [1.807, 2.05) is 17.1 Å². The van der Waals surface area contributed by atoms with E-state index in [1.165, 1.54) is 35.1 Å². The maximum absolute atomic E-state index is 12.6. The Morgan fingerprint density at radius 1 is 0.966 bits per heavy atom. The Hall–Kier alpha value is -1.60. The zero-order valence-electron chi connectivity index (χ0n) is 17.6. The fourth-order valence-corrected chi connectivity index (χ4v) is 3.86. The molecular weight excluding hydrogens is 475 g/mol. The Bertz CT molecular complexity index is 721. The van der Waals surface area contributed by atoms with Gasteiger partial charge in [0.05, 0.1) is 0 Å². The van der Waals surface area contributed by atoms with E-state index >= 15 is 0 Å². The van der Waals surface area contributed by atoms with E-state index in [0.29, 0.717) is 26.2 Å². The van der Waals surface area contributed by atoms with Crippen molar-refractivity contribution < 1.29 is 9.53 Å². The number of ether oxygens (including phenoxy) is 1. The SMILES string of the molecule is CCCCCCN(CCN)C(=O)OCC1c2ccccc2-c2ccccc21.CI. The van der Waals surface area contributed by atoms with E-state index in [2.05, 4.69) is 65.9 Å². The van der Waals surface area contributed by atoms with Gasteiger partial charge in [0.25, 0.3) is 0 Å². The molecule has 0 aliphatic heterocycles. The Balaban J connectivity index is 0.00000145. The molecule has 0 radical (unpaired) electrons. The molecule has 0 bridgehead atoms. The number of carbonyl (C=O) groups is 1. The lowest BCUT2D eigenvalue weighted by Gasteiger charge is -2.23. The number of rotatable bonds is 9. The molecule has 1 amide bonds. The minimum Gasteiger partial charge on any atom is -0.448 e. The second kappa shape index (κ2) is 12.9. The van der Waals surface area contributed by atoms with Crippen molar-refractivity contribution in [2.24, 2.45) is 5.73 Å². The zero-order valence-corrected chi connectivity index (χ0v) is 19.7. The Labute approximate surface area is 189 Å². The molecule has 0 saturated carbocycles. The van der Waals surface area contributed by atoms with Crippen molar-refractivity contribution in [3.63, 3.8) is 0 Å². The van der Waals surface area contributed by atoms with Crippen molar-refractivity contribution in [1.29, 1.82) is 0 Å². The first-order valence-electron chi connectivity index (χ1n) is 10.4. The van der Waals surface area contributed by atoms with Crippen LogP contribution in [0.25, 0.3) is 11.1 Å². The van der Waals surface area contributed by atoms with E-state index in [0.717, 1.165) is 12.8 Å². The number of halogens is 1. The molecule has 5 heteroatoms. The predicted octanol–water partition coefficient (Wildman–Crippen LogP) is 5.83. The van der Waals surface area contributed by atoms with Gasteiger partial charge in [-0.05, 0) is 33.6 Å². The molecule has 3 rings (SSSR count). The third-order valence-corrected chi connectivity index (χ3v) is 5.27. The second-order valence-corrected chi connectivity index (χ2v) is 7.14. The van der Waals surface area contributed by atoms with Crippen LogP contribution in [0.4, 0.5) is 4.79 Å². The van der Waals surface area contributed by atoms with Crippen LogP contribution in [-0.4, -0.2) is 42.2 Å². The molecular formula is C24H33IN2O2. The maximum Gasteiger partial charge on any atom is 0.409 e. The van der Waals surface area contributed by atoms with Gasteiger partial charge >= 0.3 is 6.09 Å². The zero-order chi connectivity index (χ0) is 21.1. The van der Waals surface area contributed by atoms with Gasteiger partial charge in [-0.1, -0.05) is 97.3 Å². The lowest BCUT2D eigenvalue weighted by Crippen LogP contribution is -2.37. The lowest BCUT2D eigenvalue weighted by molar-refractivity contribution is 0.1000. The Morgan fingerprint density at radius 3 is 2.10 bits per heavy atom. The molecule has 0 heterocycles. The average molecular weight is 508 g/mol. The van der Waals surface area contributed by atoms with Crippen LogP contribution >= 0.6 is 22.6 Å². The molecule has 2 aromatic rings. The van der Waals surface area contributed by atoms with Gasteiger partial charge in [-0.2, -0.15) is 0 Å². The van der Waals surface area contributed by atoms with Gasteiger partial charge in [-0.3, -0.25) is 0 Å². The molecule has 158 valence electrons. The largest absolute Gasteiger partial charge is 0.448 e. The summed E-state index contributed by atoms with van der Waals surface area (Å²) in [7, 11) is 0. The highest BCUT2D eigenvalue weighted by molar-refractivity contribution is 14.1. The Morgan fingerprint density at radius 2 is 1.55 bits per heavy atom. The lowest BCUT2D eigenvalue weighted by atomic mass is 9.98. The van der Waals surface area contributed by atoms with E-state index in [4.69, 9.17) is 10.5 Å². The predicted molar refractivity (Wildman–Crippen MR) is 130 cm³/mol. The van der Waals surface area contributed by atoms with Gasteiger partial charge in [0.1, 0.15) is 6.61 Å². The summed E-state index contributed by atoms with van der Waals surface area (Å²) in [6.07, 6.45) is 4.26. The van der Waals surface area contributed by atoms with Gasteiger partial charge in [0.2, 0.25) is 0 Å². The molecule has 2 aromatic carbocycles. The number of hydrogen-bond donors (Lipinski definition) is 1. The number of carbonyl (C=O) groups excluding carboxylic acids is 1. The normalized spacial score (nSPS) is 11.9. The van der Waals surface area contributed by atoms with Crippen LogP contribution in [0.1, 0.15) is 49.7 Å². The summed E-state index contributed by atoms with van der Waals surface area (Å²) < 4.78 is 5.74. The van der Waals surface area contributed by atoms with Crippen LogP contribution < -0.4 is 5.73 Å². The number of hydrogen-bond acceptors (Lipinski definition) is 3. The van der Waals surface area contributed by atoms with Crippen molar-refractivity contribution >= 4 is 28.7 Å². The summed E-state index contributed by atoms with van der Waals surface area (Å²) >= 11 is 2.15. The minimum absolute atomic E-state index is 0.0983. The average Bonchev–Trinajstić information content (AvgIpc) is 3.09. The first-order chi connectivity index (χ1) is 14.3. The molecule has 29 heavy (non-hydrogen) atoms. The second-order valence-electron chi connectivity index (χ2n) is 7.14. The number of fused-ring (bicyclic) bond motifs is 3. The molecule has 0 unspecified atom stereocenters. The van der Waals surface area contributed by atoms with Crippen molar-refractivity contribution in [3.8, 4) is 11.1 Å². The monoisotopic (exact) mass is 508 g/mol. The number of amides is 1. The standard InChI is InChI=1S/C23H30N2O2.CH3I/c1-2-3-4-9-15-25(16-14-24)23(26)27-17-22-20-12-7-5-10-18(20)19-11-6-8-13-21(19)22;1-2/h5-8,10-13,22H,2-4,9,14-17,24H2,1H3;1H3. The van der Waals surface area contributed by atoms with Gasteiger partial charge in [-0.15, -0.1) is 0 Å². The number of alkyl halides is 1. The van der Waals surface area contributed by atoms with E-state index in [1.54, 1.807) is 4.90 Å². The highest BCUT2D eigenvalue weighted by Gasteiger charge is 2.29. The molecule has 1 aliphatic carbocycles. The first kappa shape index (κ1) is 23.7. The summed E-state index contributed by atoms with van der Waals surface area (Å²) in [5.41, 5.74) is 10.7. The summed E-state index contributed by atoms with van der Waals surface area (Å²) in [5, 5.41) is 0. The molecule has 0 fully saturated rings. The van der Waals surface area contributed by atoms with Crippen molar-refractivity contribution in [2.75, 3.05) is 31.2 Å². The van der Waals surface area contributed by atoms with Crippen LogP contribution in [-0.2, 0) is 4.74 Å². The smallest absolute Gasteiger partial charge is 0.409 e. The molecule has 2 N–H and O–H groups in total. The van der Waals surface area contributed by atoms with Gasteiger partial charge in [-0.25, -0.2) is 4.79 Å². The minimum atomic E-state index is -0.251. The summed E-state index contributed by atoms with van der Waals surface area (Å²) in [5.74, 6) is 0.0983. The van der Waals surface area contributed by atoms with Crippen LogP contribution in [0.3, 0.4) is 0 Å². The summed E-state index contributed by atoms with van der Waals surface area (Å²) in [4.78, 5) is 16.3. The number of unbranched alkanes of at least 4 members (excludes halogenated alkanes) is 3. The van der Waals surface area contributed by atoms with Crippen LogP contribution in [0.5, 0.6) is 0 Å². The van der Waals surface area contributed by atoms with Crippen molar-refractivity contribution in [2.45, 2.75) is 38.5 Å². The van der Waals surface area contributed by atoms with Gasteiger partial charge in [0.15, 0.2) is 0 Å². The van der Waals surface area contributed by atoms with Gasteiger partial charge in [0, 0.05) is 25.6 Å². The molecule has 0 aromatic heterocycles.